The number of imide groups is 1. The molecular formula is C27H32FN7O3. The number of aryl methyl sites for hydroxylation is 3. The fourth-order valence-corrected chi connectivity index (χ4v) is 4.91. The van der Waals surface area contributed by atoms with Crippen molar-refractivity contribution >= 4 is 29.4 Å². The Bertz CT molecular complexity index is 1350. The minimum atomic E-state index is -1.05. The Balaban J connectivity index is 1.62. The first kappa shape index (κ1) is 26.8. The molecule has 3 atom stereocenters. The Hall–Kier alpha value is -4.28. The second kappa shape index (κ2) is 10.6. The third kappa shape index (κ3) is 5.36. The monoisotopic (exact) mass is 521 g/mol. The smallest absolute Gasteiger partial charge is 0.325 e. The van der Waals surface area contributed by atoms with Crippen molar-refractivity contribution in [3.05, 3.63) is 70.9 Å². The molecule has 0 aliphatic carbocycles. The number of pyridine rings is 1. The van der Waals surface area contributed by atoms with Crippen molar-refractivity contribution in [2.45, 2.75) is 45.7 Å². The van der Waals surface area contributed by atoms with Gasteiger partial charge < -0.3 is 16.0 Å². The molecule has 1 aromatic carbocycles. The molecule has 4 amide bonds. The van der Waals surface area contributed by atoms with Gasteiger partial charge >= 0.3 is 6.03 Å². The van der Waals surface area contributed by atoms with Crippen LogP contribution in [0.3, 0.4) is 0 Å². The zero-order chi connectivity index (χ0) is 27.7. The van der Waals surface area contributed by atoms with Crippen LogP contribution in [0.2, 0.25) is 0 Å². The van der Waals surface area contributed by atoms with E-state index in [0.717, 1.165) is 10.5 Å². The van der Waals surface area contributed by atoms with E-state index < -0.39 is 41.7 Å². The molecule has 11 heteroatoms. The number of halogens is 1. The van der Waals surface area contributed by atoms with Crippen molar-refractivity contribution < 1.29 is 18.8 Å². The first-order chi connectivity index (χ1) is 18.0. The van der Waals surface area contributed by atoms with Crippen molar-refractivity contribution in [2.24, 2.45) is 13.0 Å². The number of amides is 4. The number of β-lactam (4-membered cyclic amide) rings is 1. The van der Waals surface area contributed by atoms with Crippen LogP contribution in [0.25, 0.3) is 0 Å². The number of anilines is 2. The van der Waals surface area contributed by atoms with Crippen LogP contribution in [-0.4, -0.2) is 50.6 Å². The van der Waals surface area contributed by atoms with Crippen molar-refractivity contribution in [2.75, 3.05) is 17.7 Å². The number of aromatic nitrogens is 3. The highest BCUT2D eigenvalue weighted by Crippen LogP contribution is 2.33. The van der Waals surface area contributed by atoms with Crippen molar-refractivity contribution in [3.63, 3.8) is 0 Å². The maximum atomic E-state index is 14.0. The zero-order valence-electron chi connectivity index (χ0n) is 22.1. The molecule has 4 rings (SSSR count). The third-order valence-electron chi connectivity index (χ3n) is 6.76. The molecule has 3 aromatic rings. The van der Waals surface area contributed by atoms with Crippen molar-refractivity contribution in [1.82, 2.24) is 25.0 Å². The first-order valence-electron chi connectivity index (χ1n) is 12.4. The van der Waals surface area contributed by atoms with Crippen LogP contribution in [0, 0.1) is 25.6 Å². The molecule has 3 N–H and O–H groups in total. The number of nitrogens with two attached hydrogens (primary N) is 1. The Morgan fingerprint density at radius 2 is 1.95 bits per heavy atom. The summed E-state index contributed by atoms with van der Waals surface area (Å²) in [5, 5.41) is 6.93. The highest BCUT2D eigenvalue weighted by Gasteiger charge is 2.55. The first-order valence-corrected chi connectivity index (χ1v) is 12.4. The fourth-order valence-electron chi connectivity index (χ4n) is 4.91. The van der Waals surface area contributed by atoms with E-state index >= 15 is 0 Å². The molecule has 0 bridgehead atoms. The van der Waals surface area contributed by atoms with Gasteiger partial charge in [-0.05, 0) is 67.6 Å². The Kier molecular flexibility index (Phi) is 7.47. The van der Waals surface area contributed by atoms with Crippen molar-refractivity contribution in [3.8, 4) is 0 Å². The summed E-state index contributed by atoms with van der Waals surface area (Å²) in [6, 6.07) is 5.71. The van der Waals surface area contributed by atoms with Gasteiger partial charge in [-0.3, -0.25) is 19.2 Å². The predicted octanol–water partition coefficient (Wildman–Crippen LogP) is 3.05. The molecule has 38 heavy (non-hydrogen) atoms. The second-order valence-electron chi connectivity index (χ2n) is 9.75. The third-order valence-corrected chi connectivity index (χ3v) is 6.76. The summed E-state index contributed by atoms with van der Waals surface area (Å²) in [7, 11) is 3.31. The summed E-state index contributed by atoms with van der Waals surface area (Å²) in [5.74, 6) is -1.77. The van der Waals surface area contributed by atoms with E-state index in [1.165, 1.54) is 23.2 Å². The SMILES string of the molecule is CC[C@@H](NC(=O)N1C(=O)[C@H](Cc2cc(C)nc(N)c2)[C@H]1C(=O)N(C)c1cnn(C)c1)c1cc(C)cc(F)c1. The quantitative estimate of drug-likeness (QED) is 0.460. The second-order valence-corrected chi connectivity index (χ2v) is 9.75. The Labute approximate surface area is 220 Å². The standard InChI is InChI=1S/C27H32FN7O3/c1-6-22(18-7-15(2)8-19(28)12-18)32-27(38)35-24(26(37)34(5)20-13-30-33(4)14-20)21(25(35)36)10-17-9-16(3)31-23(29)11-17/h7-9,11-14,21-22,24H,6,10H2,1-5H3,(H2,29,31)(H,32,38)/t21-,22-,24+/m1/s1. The number of likely N-dealkylation sites (tertiary alicyclic amines) is 1. The number of nitrogens with zero attached hydrogens (tertiary/aromatic N) is 5. The van der Waals surface area contributed by atoms with Crippen LogP contribution >= 0.6 is 0 Å². The lowest BCUT2D eigenvalue weighted by Gasteiger charge is -2.46. The van der Waals surface area contributed by atoms with Gasteiger partial charge in [0.15, 0.2) is 0 Å². The summed E-state index contributed by atoms with van der Waals surface area (Å²) < 4.78 is 15.6. The molecule has 1 saturated heterocycles. The zero-order valence-corrected chi connectivity index (χ0v) is 22.1. The number of nitrogens with one attached hydrogen (secondary N) is 1. The highest BCUT2D eigenvalue weighted by molar-refractivity contribution is 6.12. The molecule has 10 nitrogen and oxygen atoms in total. The van der Waals surface area contributed by atoms with E-state index in [2.05, 4.69) is 15.4 Å². The maximum Gasteiger partial charge on any atom is 0.325 e. The van der Waals surface area contributed by atoms with E-state index in [9.17, 15) is 18.8 Å². The van der Waals surface area contributed by atoms with Gasteiger partial charge in [-0.25, -0.2) is 14.2 Å². The van der Waals surface area contributed by atoms with Gasteiger partial charge in [-0.2, -0.15) is 5.10 Å². The minimum absolute atomic E-state index is 0.216. The molecule has 0 saturated carbocycles. The molecule has 0 spiro atoms. The molecule has 200 valence electrons. The van der Waals surface area contributed by atoms with E-state index in [4.69, 9.17) is 5.73 Å². The van der Waals surface area contributed by atoms with Gasteiger partial charge in [0.1, 0.15) is 17.7 Å². The number of rotatable bonds is 7. The topological polar surface area (TPSA) is 126 Å². The van der Waals surface area contributed by atoms with Gasteiger partial charge in [-0.1, -0.05) is 13.0 Å². The fraction of sp³-hybridized carbons (Fsp3) is 0.370. The van der Waals surface area contributed by atoms with Crippen LogP contribution < -0.4 is 16.0 Å². The molecule has 3 heterocycles. The number of urea groups is 1. The van der Waals surface area contributed by atoms with Gasteiger partial charge in [0.25, 0.3) is 5.91 Å². The molecule has 0 radical (unpaired) electrons. The van der Waals surface area contributed by atoms with E-state index in [0.29, 0.717) is 34.7 Å². The molecule has 1 aliphatic heterocycles. The minimum Gasteiger partial charge on any atom is -0.384 e. The average molecular weight is 522 g/mol. The summed E-state index contributed by atoms with van der Waals surface area (Å²) in [6.45, 7) is 5.40. The maximum absolute atomic E-state index is 14.0. The predicted molar refractivity (Wildman–Crippen MR) is 141 cm³/mol. The Morgan fingerprint density at radius 3 is 2.55 bits per heavy atom. The van der Waals surface area contributed by atoms with E-state index in [1.54, 1.807) is 57.0 Å². The lowest BCUT2D eigenvalue weighted by Crippen LogP contribution is -2.70. The number of benzene rings is 1. The number of nitrogen functional groups attached to an aromatic ring is 1. The van der Waals surface area contributed by atoms with Gasteiger partial charge in [0.05, 0.1) is 23.8 Å². The largest absolute Gasteiger partial charge is 0.384 e. The van der Waals surface area contributed by atoms with Gasteiger partial charge in [0.2, 0.25) is 5.91 Å². The van der Waals surface area contributed by atoms with E-state index in [1.807, 2.05) is 6.92 Å². The number of carbonyl (C=O) groups is 3. The number of hydrogen-bond acceptors (Lipinski definition) is 6. The Morgan fingerprint density at radius 1 is 1.21 bits per heavy atom. The van der Waals surface area contributed by atoms with Crippen LogP contribution in [0.4, 0.5) is 20.7 Å². The lowest BCUT2D eigenvalue weighted by molar-refractivity contribution is -0.156. The van der Waals surface area contributed by atoms with Crippen LogP contribution in [-0.2, 0) is 23.1 Å². The normalized spacial score (nSPS) is 17.6. The molecule has 1 aliphatic rings. The highest BCUT2D eigenvalue weighted by atomic mass is 19.1. The van der Waals surface area contributed by atoms with Gasteiger partial charge in [-0.15, -0.1) is 0 Å². The van der Waals surface area contributed by atoms with Crippen LogP contribution in [0.15, 0.2) is 42.7 Å². The number of likely N-dealkylation sites (N-methyl/N-ethyl adjacent to an activating group) is 1. The summed E-state index contributed by atoms with van der Waals surface area (Å²) >= 11 is 0. The molecule has 2 aromatic heterocycles. The number of hydrogen-bond donors (Lipinski definition) is 2. The van der Waals surface area contributed by atoms with Gasteiger partial charge in [0, 0.05) is 26.0 Å². The van der Waals surface area contributed by atoms with Crippen LogP contribution in [0.5, 0.6) is 0 Å². The molecule has 0 unspecified atom stereocenters. The van der Waals surface area contributed by atoms with Crippen molar-refractivity contribution in [1.29, 1.82) is 0 Å². The number of carbonyl (C=O) groups excluding carboxylic acids is 3. The van der Waals surface area contributed by atoms with Crippen LogP contribution in [0.1, 0.15) is 41.8 Å². The van der Waals surface area contributed by atoms with E-state index in [-0.39, 0.29) is 6.42 Å². The molecular weight excluding hydrogens is 489 g/mol. The molecule has 1 fully saturated rings. The summed E-state index contributed by atoms with van der Waals surface area (Å²) in [4.78, 5) is 46.9. The summed E-state index contributed by atoms with van der Waals surface area (Å²) in [5.41, 5.74) is 9.15. The lowest BCUT2D eigenvalue weighted by atomic mass is 9.81. The average Bonchev–Trinajstić information content (AvgIpc) is 3.28. The summed E-state index contributed by atoms with van der Waals surface area (Å²) in [6.07, 6.45) is 3.88.